The summed E-state index contributed by atoms with van der Waals surface area (Å²) in [7, 11) is 0. The van der Waals surface area contributed by atoms with E-state index in [0.717, 1.165) is 58.0 Å². The lowest BCUT2D eigenvalue weighted by Crippen LogP contribution is -2.37. The van der Waals surface area contributed by atoms with Gasteiger partial charge >= 0.3 is 0 Å². The normalized spacial score (nSPS) is 23.9. The Morgan fingerprint density at radius 3 is 2.92 bits per heavy atom. The molecule has 3 heterocycles. The molecule has 2 aliphatic heterocycles. The fourth-order valence-electron chi connectivity index (χ4n) is 4.00. The molecule has 6 heteroatoms. The summed E-state index contributed by atoms with van der Waals surface area (Å²) in [5.74, 6) is 0.483. The Labute approximate surface area is 154 Å². The van der Waals surface area contributed by atoms with Crippen LogP contribution in [0.3, 0.4) is 0 Å². The number of aromatic amines is 1. The monoisotopic (exact) mass is 356 g/mol. The molecule has 0 radical (unpaired) electrons. The number of morpholine rings is 1. The molecule has 2 aliphatic rings. The maximum absolute atomic E-state index is 6.03. The van der Waals surface area contributed by atoms with Gasteiger partial charge in [0.1, 0.15) is 0 Å². The van der Waals surface area contributed by atoms with Gasteiger partial charge in [0.15, 0.2) is 0 Å². The van der Waals surface area contributed by atoms with Crippen molar-refractivity contribution in [3.05, 3.63) is 47.8 Å². The van der Waals surface area contributed by atoms with Gasteiger partial charge in [0, 0.05) is 56.2 Å². The highest BCUT2D eigenvalue weighted by atomic mass is 16.5. The van der Waals surface area contributed by atoms with Crippen LogP contribution in [0.4, 0.5) is 5.69 Å². The highest BCUT2D eigenvalue weighted by Gasteiger charge is 2.28. The summed E-state index contributed by atoms with van der Waals surface area (Å²) in [6.07, 6.45) is 6.30. The zero-order valence-electron chi connectivity index (χ0n) is 15.2. The number of anilines is 1. The molecule has 26 heavy (non-hydrogen) atoms. The van der Waals surface area contributed by atoms with Crippen LogP contribution in [0.2, 0.25) is 0 Å². The molecule has 0 saturated carbocycles. The second-order valence-corrected chi connectivity index (χ2v) is 7.08. The summed E-state index contributed by atoms with van der Waals surface area (Å²) in [6.45, 7) is 6.23. The fourth-order valence-corrected chi connectivity index (χ4v) is 4.00. The van der Waals surface area contributed by atoms with E-state index in [1.54, 1.807) is 0 Å². The van der Waals surface area contributed by atoms with E-state index >= 15 is 0 Å². The van der Waals surface area contributed by atoms with Crippen LogP contribution in [0.15, 0.2) is 36.7 Å². The van der Waals surface area contributed by atoms with Crippen molar-refractivity contribution in [2.24, 2.45) is 5.92 Å². The van der Waals surface area contributed by atoms with Crippen molar-refractivity contribution in [3.63, 3.8) is 0 Å². The molecule has 2 atom stereocenters. The van der Waals surface area contributed by atoms with Crippen molar-refractivity contribution < 1.29 is 9.47 Å². The minimum absolute atomic E-state index is 0.143. The first-order chi connectivity index (χ1) is 12.9. The molecule has 140 valence electrons. The van der Waals surface area contributed by atoms with Crippen LogP contribution >= 0.6 is 0 Å². The van der Waals surface area contributed by atoms with Gasteiger partial charge in [0.2, 0.25) is 0 Å². The predicted molar refractivity (Wildman–Crippen MR) is 101 cm³/mol. The lowest BCUT2D eigenvalue weighted by Gasteiger charge is -2.32. The average Bonchev–Trinajstić information content (AvgIpc) is 3.24. The SMILES string of the molecule is c1ccc(N2CCOCC2)c(CNC[C@@H]2CCCO[C@H]2c2cn[nH]c2)c1. The van der Waals surface area contributed by atoms with Crippen LogP contribution in [0, 0.1) is 5.92 Å². The summed E-state index contributed by atoms with van der Waals surface area (Å²) in [5.41, 5.74) is 3.84. The quantitative estimate of drug-likeness (QED) is 0.833. The molecule has 6 nitrogen and oxygen atoms in total. The second kappa shape index (κ2) is 8.66. The number of nitrogens with zero attached hydrogens (tertiary/aromatic N) is 2. The van der Waals surface area contributed by atoms with Crippen LogP contribution < -0.4 is 10.2 Å². The molecule has 2 N–H and O–H groups in total. The molecule has 0 amide bonds. The largest absolute Gasteiger partial charge is 0.378 e. The molecule has 1 aromatic carbocycles. The van der Waals surface area contributed by atoms with Crippen LogP contribution in [0.1, 0.15) is 30.1 Å². The number of para-hydroxylation sites is 1. The second-order valence-electron chi connectivity index (χ2n) is 7.08. The summed E-state index contributed by atoms with van der Waals surface area (Å²) < 4.78 is 11.5. The Kier molecular flexibility index (Phi) is 5.84. The summed E-state index contributed by atoms with van der Waals surface area (Å²) in [6, 6.07) is 8.69. The number of hydrogen-bond acceptors (Lipinski definition) is 5. The zero-order valence-corrected chi connectivity index (χ0v) is 15.2. The van der Waals surface area contributed by atoms with E-state index in [2.05, 4.69) is 44.7 Å². The highest BCUT2D eigenvalue weighted by molar-refractivity contribution is 5.53. The molecule has 0 bridgehead atoms. The Morgan fingerprint density at radius 2 is 2.08 bits per heavy atom. The van der Waals surface area contributed by atoms with Crippen molar-refractivity contribution in [2.45, 2.75) is 25.5 Å². The van der Waals surface area contributed by atoms with Crippen molar-refractivity contribution in [1.29, 1.82) is 0 Å². The Hall–Kier alpha value is -1.89. The number of benzene rings is 1. The van der Waals surface area contributed by atoms with Crippen LogP contribution in [-0.4, -0.2) is 49.7 Å². The molecule has 0 spiro atoms. The van der Waals surface area contributed by atoms with Gasteiger partial charge in [-0.2, -0.15) is 5.10 Å². The molecule has 1 aromatic heterocycles. The van der Waals surface area contributed by atoms with Gasteiger partial charge in [-0.25, -0.2) is 0 Å². The Balaban J connectivity index is 1.37. The standard InChI is InChI=1S/C20H28N4O2/c1-2-6-19(24-7-10-25-11-8-24)16(4-1)12-21-13-17-5-3-9-26-20(17)18-14-22-23-15-18/h1-2,4,6,14-15,17,20-21H,3,5,7-13H2,(H,22,23)/t17-,20+/m0/s1. The maximum atomic E-state index is 6.03. The molecule has 2 aromatic rings. The van der Waals surface area contributed by atoms with Gasteiger partial charge in [0.25, 0.3) is 0 Å². The number of ether oxygens (including phenoxy) is 2. The van der Waals surface area contributed by atoms with Crippen molar-refractivity contribution in [3.8, 4) is 0 Å². The van der Waals surface area contributed by atoms with E-state index in [0.29, 0.717) is 5.92 Å². The number of hydrogen-bond donors (Lipinski definition) is 2. The summed E-state index contributed by atoms with van der Waals surface area (Å²) >= 11 is 0. The van der Waals surface area contributed by atoms with Gasteiger partial charge in [-0.15, -0.1) is 0 Å². The first kappa shape index (κ1) is 17.5. The van der Waals surface area contributed by atoms with Gasteiger partial charge in [0.05, 0.1) is 25.5 Å². The molecule has 4 rings (SSSR count). The van der Waals surface area contributed by atoms with E-state index in [1.165, 1.54) is 17.7 Å². The summed E-state index contributed by atoms with van der Waals surface area (Å²) in [5, 5.41) is 10.7. The number of H-pyrrole nitrogens is 1. The van der Waals surface area contributed by atoms with Crippen LogP contribution in [0.5, 0.6) is 0 Å². The molecule has 2 saturated heterocycles. The van der Waals surface area contributed by atoms with Crippen molar-refractivity contribution >= 4 is 5.69 Å². The first-order valence-electron chi connectivity index (χ1n) is 9.63. The highest BCUT2D eigenvalue weighted by Crippen LogP contribution is 2.32. The minimum atomic E-state index is 0.143. The molecular formula is C20H28N4O2. The third-order valence-electron chi connectivity index (χ3n) is 5.36. The number of nitrogens with one attached hydrogen (secondary N) is 2. The van der Waals surface area contributed by atoms with Gasteiger partial charge in [-0.1, -0.05) is 18.2 Å². The van der Waals surface area contributed by atoms with E-state index in [-0.39, 0.29) is 6.10 Å². The van der Waals surface area contributed by atoms with E-state index in [4.69, 9.17) is 9.47 Å². The van der Waals surface area contributed by atoms with Crippen LogP contribution in [-0.2, 0) is 16.0 Å². The smallest absolute Gasteiger partial charge is 0.0895 e. The van der Waals surface area contributed by atoms with Gasteiger partial charge < -0.3 is 19.7 Å². The molecule has 0 aliphatic carbocycles. The van der Waals surface area contributed by atoms with Gasteiger partial charge in [-0.3, -0.25) is 5.10 Å². The van der Waals surface area contributed by atoms with Gasteiger partial charge in [-0.05, 0) is 24.5 Å². The van der Waals surface area contributed by atoms with Crippen LogP contribution in [0.25, 0.3) is 0 Å². The summed E-state index contributed by atoms with van der Waals surface area (Å²) in [4.78, 5) is 2.43. The Bertz CT molecular complexity index is 670. The minimum Gasteiger partial charge on any atom is -0.378 e. The third-order valence-corrected chi connectivity index (χ3v) is 5.36. The lowest BCUT2D eigenvalue weighted by molar-refractivity contribution is -0.0278. The van der Waals surface area contributed by atoms with E-state index in [1.807, 2.05) is 12.4 Å². The fraction of sp³-hybridized carbons (Fsp3) is 0.550. The molecule has 0 unspecified atom stereocenters. The number of aromatic nitrogens is 2. The molecular weight excluding hydrogens is 328 g/mol. The maximum Gasteiger partial charge on any atom is 0.0895 e. The number of rotatable bonds is 6. The predicted octanol–water partition coefficient (Wildman–Crippen LogP) is 2.50. The molecule has 2 fully saturated rings. The Morgan fingerprint density at radius 1 is 1.19 bits per heavy atom. The topological polar surface area (TPSA) is 62.4 Å². The zero-order chi connectivity index (χ0) is 17.6. The van der Waals surface area contributed by atoms with E-state index in [9.17, 15) is 0 Å². The average molecular weight is 356 g/mol. The first-order valence-corrected chi connectivity index (χ1v) is 9.63. The van der Waals surface area contributed by atoms with Crippen molar-refractivity contribution in [2.75, 3.05) is 44.4 Å². The lowest BCUT2D eigenvalue weighted by atomic mass is 9.91. The third kappa shape index (κ3) is 4.09. The van der Waals surface area contributed by atoms with E-state index < -0.39 is 0 Å². The van der Waals surface area contributed by atoms with Crippen molar-refractivity contribution in [1.82, 2.24) is 15.5 Å².